The Bertz CT molecular complexity index is 1340. The van der Waals surface area contributed by atoms with Crippen molar-refractivity contribution in [3.8, 4) is 11.3 Å². The lowest BCUT2D eigenvalue weighted by Crippen LogP contribution is -2.49. The number of aryl methyl sites for hydroxylation is 1. The van der Waals surface area contributed by atoms with Crippen LogP contribution in [0.4, 0.5) is 15.3 Å². The van der Waals surface area contributed by atoms with Gasteiger partial charge in [-0.1, -0.05) is 30.3 Å². The number of hydrogen-bond acceptors (Lipinski definition) is 7. The topological polar surface area (TPSA) is 117 Å². The van der Waals surface area contributed by atoms with Gasteiger partial charge in [0.25, 0.3) is 0 Å². The molecule has 1 fully saturated rings. The number of halogens is 1. The van der Waals surface area contributed by atoms with Crippen molar-refractivity contribution in [2.24, 2.45) is 5.73 Å². The fourth-order valence-electron chi connectivity index (χ4n) is 5.43. The minimum atomic E-state index is -1.12. The number of β-amino-alcohol motifs (C(OH)–C–C–N with tert-alkyl or cyclic N) is 1. The summed E-state index contributed by atoms with van der Waals surface area (Å²) in [5.74, 6) is 0. The van der Waals surface area contributed by atoms with Gasteiger partial charge >= 0.3 is 12.2 Å². The summed E-state index contributed by atoms with van der Waals surface area (Å²) in [6.45, 7) is 7.28. The second kappa shape index (κ2) is 11.9. The van der Waals surface area contributed by atoms with Crippen molar-refractivity contribution in [3.63, 3.8) is 0 Å². The number of carbonyl (C=O) groups excluding carboxylic acids is 2. The van der Waals surface area contributed by atoms with Gasteiger partial charge in [0.15, 0.2) is 0 Å². The molecule has 0 radical (unpaired) electrons. The molecule has 2 aliphatic heterocycles. The molecule has 206 valence electrons. The van der Waals surface area contributed by atoms with Crippen LogP contribution in [0, 0.1) is 10.5 Å². The Balaban J connectivity index is 1.28. The van der Waals surface area contributed by atoms with E-state index in [-0.39, 0.29) is 6.54 Å². The molecule has 39 heavy (non-hydrogen) atoms. The summed E-state index contributed by atoms with van der Waals surface area (Å²) in [5, 5.41) is 16.0. The van der Waals surface area contributed by atoms with Crippen molar-refractivity contribution in [2.75, 3.05) is 44.2 Å². The van der Waals surface area contributed by atoms with Gasteiger partial charge in [0.2, 0.25) is 0 Å². The Hall–Kier alpha value is -3.16. The van der Waals surface area contributed by atoms with Crippen molar-refractivity contribution in [1.82, 2.24) is 19.6 Å². The van der Waals surface area contributed by atoms with Gasteiger partial charge in [-0.15, -0.1) is 0 Å². The first kappa shape index (κ1) is 27.4. The maximum atomic E-state index is 12.4. The Morgan fingerprint density at radius 2 is 1.77 bits per heavy atom. The van der Waals surface area contributed by atoms with Crippen LogP contribution < -0.4 is 10.6 Å². The maximum absolute atomic E-state index is 12.4. The van der Waals surface area contributed by atoms with Crippen LogP contribution in [-0.2, 0) is 24.2 Å². The molecule has 1 atom stereocenters. The highest BCUT2D eigenvalue weighted by Gasteiger charge is 2.30. The van der Waals surface area contributed by atoms with Crippen LogP contribution in [0.25, 0.3) is 11.3 Å². The molecule has 1 unspecified atom stereocenters. The number of piperazine rings is 1. The van der Waals surface area contributed by atoms with Crippen LogP contribution >= 0.6 is 22.6 Å². The predicted molar refractivity (Wildman–Crippen MR) is 156 cm³/mol. The van der Waals surface area contributed by atoms with Crippen molar-refractivity contribution in [1.29, 1.82) is 0 Å². The summed E-state index contributed by atoms with van der Waals surface area (Å²) >= 11 is 2.26. The van der Waals surface area contributed by atoms with E-state index in [2.05, 4.69) is 68.3 Å². The molecule has 11 heteroatoms. The zero-order valence-electron chi connectivity index (χ0n) is 21.9. The third-order valence-corrected chi connectivity index (χ3v) is 8.10. The average molecular weight is 645 g/mol. The molecule has 0 saturated carbocycles. The van der Waals surface area contributed by atoms with Gasteiger partial charge in [-0.05, 0) is 53.3 Å². The van der Waals surface area contributed by atoms with Crippen LogP contribution in [0.3, 0.4) is 0 Å². The molecule has 10 nitrogen and oxygen atoms in total. The van der Waals surface area contributed by atoms with Gasteiger partial charge in [0.1, 0.15) is 0 Å². The van der Waals surface area contributed by atoms with Gasteiger partial charge in [-0.3, -0.25) is 9.58 Å². The minimum absolute atomic E-state index is 0.250. The zero-order chi connectivity index (χ0) is 27.5. The number of fused-ring (bicyclic) bond motifs is 1. The number of aliphatic hydroxyl groups is 1. The number of para-hydroxylation sites is 1. The molecule has 3 N–H and O–H groups in total. The number of anilines is 1. The molecule has 3 aromatic rings. The van der Waals surface area contributed by atoms with Gasteiger partial charge in [-0.25, -0.2) is 9.59 Å². The average Bonchev–Trinajstić information content (AvgIpc) is 3.27. The third-order valence-electron chi connectivity index (χ3n) is 7.38. The normalized spacial score (nSPS) is 16.6. The van der Waals surface area contributed by atoms with E-state index in [1.807, 2.05) is 28.9 Å². The van der Waals surface area contributed by atoms with E-state index in [9.17, 15) is 14.7 Å². The quantitative estimate of drug-likeness (QED) is 0.313. The molecule has 2 aromatic carbocycles. The van der Waals surface area contributed by atoms with Crippen LogP contribution in [0.2, 0.25) is 0 Å². The lowest BCUT2D eigenvalue weighted by molar-refractivity contribution is 0.0903. The molecule has 0 bridgehead atoms. The second-order valence-corrected chi connectivity index (χ2v) is 11.3. The Kier molecular flexibility index (Phi) is 8.38. The largest absolute Gasteiger partial charge is 0.419 e. The van der Waals surface area contributed by atoms with E-state index >= 15 is 0 Å². The van der Waals surface area contributed by atoms with Crippen LogP contribution in [0.5, 0.6) is 0 Å². The van der Waals surface area contributed by atoms with Crippen molar-refractivity contribution < 1.29 is 19.4 Å². The van der Waals surface area contributed by atoms with Gasteiger partial charge in [-0.2, -0.15) is 5.10 Å². The smallest absolute Gasteiger partial charge is 0.390 e. The second-order valence-electron chi connectivity index (χ2n) is 10.0. The molecule has 0 aliphatic carbocycles. The standard InChI is InChI=1S/C28H33IN6O4/c1-19-4-2-3-5-24(19)33-14-12-32(13-15-33)16-22(36)17-35-25-10-11-34(28(38)39-27(30)37)18-23(25)26(31-35)20-6-8-21(29)9-7-20/h2-9,22,36H,10-18H2,1H3,(H2,30,37). The van der Waals surface area contributed by atoms with E-state index < -0.39 is 18.3 Å². The molecule has 3 heterocycles. The summed E-state index contributed by atoms with van der Waals surface area (Å²) < 4.78 is 7.60. The number of hydrogen-bond donors (Lipinski definition) is 2. The minimum Gasteiger partial charge on any atom is -0.390 e. The molecule has 2 aliphatic rings. The number of benzene rings is 2. The Labute approximate surface area is 241 Å². The predicted octanol–water partition coefficient (Wildman–Crippen LogP) is 3.22. The molecular formula is C28H33IN6O4. The summed E-state index contributed by atoms with van der Waals surface area (Å²) in [6, 6.07) is 16.5. The summed E-state index contributed by atoms with van der Waals surface area (Å²) in [4.78, 5) is 29.7. The highest BCUT2D eigenvalue weighted by Crippen LogP contribution is 2.31. The molecule has 0 spiro atoms. The first-order valence-corrected chi connectivity index (χ1v) is 14.2. The lowest BCUT2D eigenvalue weighted by atomic mass is 10.0. The third kappa shape index (κ3) is 6.36. The van der Waals surface area contributed by atoms with Crippen LogP contribution in [0.1, 0.15) is 16.8 Å². The number of ether oxygens (including phenoxy) is 1. The first-order valence-electron chi connectivity index (χ1n) is 13.1. The molecule has 1 aromatic heterocycles. The van der Waals surface area contributed by atoms with Crippen LogP contribution in [-0.4, -0.2) is 82.2 Å². The summed E-state index contributed by atoms with van der Waals surface area (Å²) in [7, 11) is 0. The number of primary amides is 1. The number of amides is 2. The van der Waals surface area contributed by atoms with Gasteiger partial charge in [0.05, 0.1) is 24.9 Å². The molecule has 1 saturated heterocycles. The van der Waals surface area contributed by atoms with Gasteiger partial charge < -0.3 is 25.4 Å². The van der Waals surface area contributed by atoms with E-state index in [1.165, 1.54) is 16.2 Å². The Morgan fingerprint density at radius 1 is 1.05 bits per heavy atom. The van der Waals surface area contributed by atoms with E-state index in [0.29, 0.717) is 26.1 Å². The number of nitrogens with zero attached hydrogens (tertiary/aromatic N) is 5. The van der Waals surface area contributed by atoms with E-state index in [0.717, 1.165) is 52.3 Å². The maximum Gasteiger partial charge on any atom is 0.419 e. The number of carbonyl (C=O) groups is 2. The van der Waals surface area contributed by atoms with Crippen molar-refractivity contribution >= 4 is 40.5 Å². The molecular weight excluding hydrogens is 611 g/mol. The fourth-order valence-corrected chi connectivity index (χ4v) is 5.79. The molecule has 5 rings (SSSR count). The van der Waals surface area contributed by atoms with Crippen molar-refractivity contribution in [3.05, 3.63) is 68.9 Å². The Morgan fingerprint density at radius 3 is 2.46 bits per heavy atom. The fraction of sp³-hybridized carbons (Fsp3) is 0.393. The van der Waals surface area contributed by atoms with Crippen molar-refractivity contribution in [2.45, 2.75) is 32.5 Å². The van der Waals surface area contributed by atoms with Crippen LogP contribution in [0.15, 0.2) is 48.5 Å². The van der Waals surface area contributed by atoms with Gasteiger partial charge in [0, 0.05) is 71.8 Å². The number of rotatable bonds is 6. The molecule has 2 amide bonds. The lowest BCUT2D eigenvalue weighted by Gasteiger charge is -2.37. The number of aliphatic hydroxyl groups excluding tert-OH is 1. The summed E-state index contributed by atoms with van der Waals surface area (Å²) in [6.07, 6.45) is -1.95. The highest BCUT2D eigenvalue weighted by molar-refractivity contribution is 14.1. The SMILES string of the molecule is Cc1ccccc1N1CCN(CC(O)Cn2nc(-c3ccc(I)cc3)c3c2CCN(C(=O)OC(N)=O)C3)CC1. The van der Waals surface area contributed by atoms with E-state index in [1.54, 1.807) is 0 Å². The monoisotopic (exact) mass is 644 g/mol. The number of aromatic nitrogens is 2. The summed E-state index contributed by atoms with van der Waals surface area (Å²) in [5.41, 5.74) is 11.2. The van der Waals surface area contributed by atoms with E-state index in [4.69, 9.17) is 10.8 Å². The highest BCUT2D eigenvalue weighted by atomic mass is 127. The zero-order valence-corrected chi connectivity index (χ0v) is 24.1. The first-order chi connectivity index (χ1) is 18.8. The number of nitrogens with two attached hydrogens (primary N) is 1.